The highest BCUT2D eigenvalue weighted by Crippen LogP contribution is 2.28. The molecule has 4 nitrogen and oxygen atoms in total. The Kier molecular flexibility index (Phi) is 4.35. The third-order valence-electron chi connectivity index (χ3n) is 4.48. The zero-order chi connectivity index (χ0) is 15.7. The van der Waals surface area contributed by atoms with E-state index >= 15 is 0 Å². The molecule has 114 valence electrons. The van der Waals surface area contributed by atoms with Crippen LogP contribution in [0, 0.1) is 13.8 Å². The molecule has 1 aliphatic rings. The first-order valence-electron chi connectivity index (χ1n) is 7.50. The van der Waals surface area contributed by atoms with Crippen LogP contribution in [0.5, 0.6) is 0 Å². The van der Waals surface area contributed by atoms with Crippen LogP contribution in [-0.2, 0) is 0 Å². The van der Waals surface area contributed by atoms with E-state index in [1.807, 2.05) is 24.8 Å². The number of amides is 1. The molecule has 0 spiro atoms. The summed E-state index contributed by atoms with van der Waals surface area (Å²) in [6.45, 7) is 7.62. The molecule has 1 N–H and O–H groups in total. The van der Waals surface area contributed by atoms with Gasteiger partial charge in [0.2, 0.25) is 0 Å². The van der Waals surface area contributed by atoms with Crippen LogP contribution in [0.15, 0.2) is 12.1 Å². The van der Waals surface area contributed by atoms with Gasteiger partial charge in [0.05, 0.1) is 11.1 Å². The monoisotopic (exact) mass is 289 g/mol. The highest BCUT2D eigenvalue weighted by atomic mass is 16.4. The van der Waals surface area contributed by atoms with Crippen molar-refractivity contribution >= 4 is 11.9 Å². The van der Waals surface area contributed by atoms with Crippen molar-refractivity contribution in [3.05, 3.63) is 34.4 Å². The molecule has 2 atom stereocenters. The molecule has 0 radical (unpaired) electrons. The SMILES string of the molecule is Cc1ccc(C)c(C(=O)N2[C@H](C)CCC[C@@H]2C)c1C(=O)O. The lowest BCUT2D eigenvalue weighted by Crippen LogP contribution is -2.48. The molecule has 0 aliphatic carbocycles. The number of rotatable bonds is 2. The van der Waals surface area contributed by atoms with E-state index < -0.39 is 5.97 Å². The molecule has 0 unspecified atom stereocenters. The van der Waals surface area contributed by atoms with E-state index in [2.05, 4.69) is 0 Å². The number of nitrogens with zero attached hydrogens (tertiary/aromatic N) is 1. The minimum absolute atomic E-state index is 0.143. The van der Waals surface area contributed by atoms with Gasteiger partial charge < -0.3 is 10.0 Å². The molecule has 0 bridgehead atoms. The maximum Gasteiger partial charge on any atom is 0.336 e. The number of benzene rings is 1. The van der Waals surface area contributed by atoms with Gasteiger partial charge in [0.15, 0.2) is 0 Å². The predicted octanol–water partition coefficient (Wildman–Crippen LogP) is 3.40. The van der Waals surface area contributed by atoms with Gasteiger partial charge in [0.25, 0.3) is 5.91 Å². The molecular formula is C17H23NO3. The molecule has 1 heterocycles. The van der Waals surface area contributed by atoms with Crippen LogP contribution in [0.4, 0.5) is 0 Å². The van der Waals surface area contributed by atoms with E-state index in [0.717, 1.165) is 24.8 Å². The van der Waals surface area contributed by atoms with Gasteiger partial charge in [-0.1, -0.05) is 12.1 Å². The molecular weight excluding hydrogens is 266 g/mol. The number of aromatic carboxylic acids is 1. The Hall–Kier alpha value is -1.84. The molecule has 2 rings (SSSR count). The number of carboxylic acids is 1. The Bertz CT molecular complexity index is 570. The van der Waals surface area contributed by atoms with Crippen LogP contribution >= 0.6 is 0 Å². The molecule has 21 heavy (non-hydrogen) atoms. The Morgan fingerprint density at radius 2 is 1.52 bits per heavy atom. The average molecular weight is 289 g/mol. The van der Waals surface area contributed by atoms with Crippen LogP contribution < -0.4 is 0 Å². The lowest BCUT2D eigenvalue weighted by Gasteiger charge is -2.39. The summed E-state index contributed by atoms with van der Waals surface area (Å²) in [5.74, 6) is -1.18. The van der Waals surface area contributed by atoms with Gasteiger partial charge in [-0.2, -0.15) is 0 Å². The summed E-state index contributed by atoms with van der Waals surface area (Å²) in [6.07, 6.45) is 3.07. The van der Waals surface area contributed by atoms with Crippen molar-refractivity contribution in [2.75, 3.05) is 0 Å². The van der Waals surface area contributed by atoms with Gasteiger partial charge >= 0.3 is 5.97 Å². The van der Waals surface area contributed by atoms with Crippen LogP contribution in [0.2, 0.25) is 0 Å². The van der Waals surface area contributed by atoms with Crippen molar-refractivity contribution in [3.63, 3.8) is 0 Å². The van der Waals surface area contributed by atoms with Crippen LogP contribution in [0.25, 0.3) is 0 Å². The molecule has 1 aromatic rings. The van der Waals surface area contributed by atoms with Gasteiger partial charge in [-0.15, -0.1) is 0 Å². The first-order valence-corrected chi connectivity index (χ1v) is 7.50. The number of piperidine rings is 1. The summed E-state index contributed by atoms with van der Waals surface area (Å²) >= 11 is 0. The average Bonchev–Trinajstić information content (AvgIpc) is 2.40. The smallest absolute Gasteiger partial charge is 0.336 e. The predicted molar refractivity (Wildman–Crippen MR) is 81.8 cm³/mol. The quantitative estimate of drug-likeness (QED) is 0.907. The molecule has 4 heteroatoms. The van der Waals surface area contributed by atoms with E-state index in [9.17, 15) is 14.7 Å². The van der Waals surface area contributed by atoms with Gasteiger partial charge in [-0.3, -0.25) is 4.79 Å². The number of hydrogen-bond acceptors (Lipinski definition) is 2. The van der Waals surface area contributed by atoms with E-state index in [4.69, 9.17) is 0 Å². The van der Waals surface area contributed by atoms with E-state index in [1.54, 1.807) is 19.9 Å². The fourth-order valence-corrected chi connectivity index (χ4v) is 3.31. The number of aryl methyl sites for hydroxylation is 2. The summed E-state index contributed by atoms with van der Waals surface area (Å²) in [4.78, 5) is 26.4. The van der Waals surface area contributed by atoms with Crippen molar-refractivity contribution in [2.24, 2.45) is 0 Å². The zero-order valence-electron chi connectivity index (χ0n) is 13.1. The van der Waals surface area contributed by atoms with E-state index in [-0.39, 0.29) is 23.6 Å². The van der Waals surface area contributed by atoms with Gasteiger partial charge in [-0.05, 0) is 58.1 Å². The van der Waals surface area contributed by atoms with Gasteiger partial charge in [-0.25, -0.2) is 4.79 Å². The highest BCUT2D eigenvalue weighted by molar-refractivity contribution is 6.07. The Balaban J connectivity index is 2.52. The lowest BCUT2D eigenvalue weighted by atomic mass is 9.92. The third-order valence-corrected chi connectivity index (χ3v) is 4.48. The second-order valence-corrected chi connectivity index (χ2v) is 6.10. The van der Waals surface area contributed by atoms with Crippen LogP contribution in [-0.4, -0.2) is 34.0 Å². The Morgan fingerprint density at radius 1 is 1.05 bits per heavy atom. The van der Waals surface area contributed by atoms with Gasteiger partial charge in [0.1, 0.15) is 0 Å². The summed E-state index contributed by atoms with van der Waals surface area (Å²) in [7, 11) is 0. The topological polar surface area (TPSA) is 57.6 Å². The molecule has 1 amide bonds. The summed E-state index contributed by atoms with van der Waals surface area (Å²) in [6, 6.07) is 3.90. The Labute approximate surface area is 125 Å². The van der Waals surface area contributed by atoms with Gasteiger partial charge in [0, 0.05) is 12.1 Å². The number of likely N-dealkylation sites (tertiary alicyclic amines) is 1. The maximum atomic E-state index is 13.0. The normalized spacial score (nSPS) is 22.2. The van der Waals surface area contributed by atoms with E-state index in [1.165, 1.54) is 0 Å². The number of carboxylic acid groups (broad SMARTS) is 1. The second-order valence-electron chi connectivity index (χ2n) is 6.10. The fraction of sp³-hybridized carbons (Fsp3) is 0.529. The summed E-state index contributed by atoms with van der Waals surface area (Å²) < 4.78 is 0. The van der Waals surface area contributed by atoms with Crippen LogP contribution in [0.3, 0.4) is 0 Å². The van der Waals surface area contributed by atoms with Crippen molar-refractivity contribution < 1.29 is 14.7 Å². The minimum atomic E-state index is -1.03. The van der Waals surface area contributed by atoms with Crippen molar-refractivity contribution in [1.29, 1.82) is 0 Å². The van der Waals surface area contributed by atoms with Crippen LogP contribution in [0.1, 0.15) is 65.0 Å². The van der Waals surface area contributed by atoms with Crippen molar-refractivity contribution in [3.8, 4) is 0 Å². The Morgan fingerprint density at radius 3 is 2.00 bits per heavy atom. The number of carbonyl (C=O) groups excluding carboxylic acids is 1. The summed E-state index contributed by atoms with van der Waals surface area (Å²) in [5, 5.41) is 9.48. The van der Waals surface area contributed by atoms with E-state index in [0.29, 0.717) is 11.1 Å². The number of hydrogen-bond donors (Lipinski definition) is 1. The standard InChI is InChI=1S/C17H23NO3/c1-10-8-9-11(2)15(17(20)21)14(10)16(19)18-12(3)6-5-7-13(18)4/h8-9,12-13H,5-7H2,1-4H3,(H,20,21)/t12-,13+. The third kappa shape index (κ3) is 2.80. The summed E-state index contributed by atoms with van der Waals surface area (Å²) in [5.41, 5.74) is 1.86. The molecule has 1 saturated heterocycles. The largest absolute Gasteiger partial charge is 0.478 e. The van der Waals surface area contributed by atoms with Crippen molar-refractivity contribution in [2.45, 2.75) is 59.0 Å². The minimum Gasteiger partial charge on any atom is -0.478 e. The molecule has 0 saturated carbocycles. The van der Waals surface area contributed by atoms with Crippen molar-refractivity contribution in [1.82, 2.24) is 4.90 Å². The fourth-order valence-electron chi connectivity index (χ4n) is 3.31. The molecule has 1 fully saturated rings. The second kappa shape index (κ2) is 5.88. The first-order chi connectivity index (χ1) is 9.84. The number of carbonyl (C=O) groups is 2. The maximum absolute atomic E-state index is 13.0. The zero-order valence-corrected chi connectivity index (χ0v) is 13.1. The first kappa shape index (κ1) is 15.5. The molecule has 0 aromatic heterocycles. The molecule has 1 aromatic carbocycles. The highest BCUT2D eigenvalue weighted by Gasteiger charge is 2.33. The lowest BCUT2D eigenvalue weighted by molar-refractivity contribution is 0.0500. The molecule has 1 aliphatic heterocycles.